The Labute approximate surface area is 173 Å². The van der Waals surface area contributed by atoms with Crippen LogP contribution >= 0.6 is 0 Å². The van der Waals surface area contributed by atoms with Crippen LogP contribution in [0.1, 0.15) is 42.1 Å². The van der Waals surface area contributed by atoms with Gasteiger partial charge in [0.05, 0.1) is 20.3 Å². The van der Waals surface area contributed by atoms with E-state index in [1.54, 1.807) is 14.2 Å². The number of carbonyl (C=O) groups is 1. The average molecular weight is 398 g/mol. The zero-order valence-corrected chi connectivity index (χ0v) is 18.2. The van der Waals surface area contributed by atoms with E-state index in [2.05, 4.69) is 19.9 Å². The van der Waals surface area contributed by atoms with Crippen LogP contribution in [0.25, 0.3) is 0 Å². The SMILES string of the molecule is COc1cc2c(cc1OC)[C@@H](COc1cc(C)cc(C)c1)N(C(=O)C(C)C)CC2. The molecule has 3 rings (SSSR count). The number of nitrogens with zero attached hydrogens (tertiary/aromatic N) is 1. The van der Waals surface area contributed by atoms with Crippen LogP contribution in [0.15, 0.2) is 30.3 Å². The third kappa shape index (κ3) is 4.50. The summed E-state index contributed by atoms with van der Waals surface area (Å²) in [6, 6.07) is 10.0. The lowest BCUT2D eigenvalue weighted by Gasteiger charge is -2.38. The fourth-order valence-electron chi connectivity index (χ4n) is 3.99. The van der Waals surface area contributed by atoms with E-state index in [9.17, 15) is 4.79 Å². The van der Waals surface area contributed by atoms with Gasteiger partial charge in [0, 0.05) is 12.5 Å². The first kappa shape index (κ1) is 21.0. The van der Waals surface area contributed by atoms with E-state index < -0.39 is 0 Å². The molecular formula is C24H31NO4. The van der Waals surface area contributed by atoms with Gasteiger partial charge in [0.1, 0.15) is 12.4 Å². The van der Waals surface area contributed by atoms with Crippen molar-refractivity contribution in [1.82, 2.24) is 4.90 Å². The number of methoxy groups -OCH3 is 2. The molecule has 0 bridgehead atoms. The number of benzene rings is 2. The van der Waals surface area contributed by atoms with Gasteiger partial charge in [-0.3, -0.25) is 4.79 Å². The van der Waals surface area contributed by atoms with Crippen molar-refractivity contribution in [2.45, 2.75) is 40.2 Å². The number of aryl methyl sites for hydroxylation is 2. The maximum Gasteiger partial charge on any atom is 0.225 e. The molecule has 5 nitrogen and oxygen atoms in total. The summed E-state index contributed by atoms with van der Waals surface area (Å²) in [4.78, 5) is 14.9. The number of ether oxygens (including phenoxy) is 3. The molecule has 2 aromatic rings. The topological polar surface area (TPSA) is 48.0 Å². The van der Waals surface area contributed by atoms with Crippen LogP contribution in [0.2, 0.25) is 0 Å². The van der Waals surface area contributed by atoms with Crippen molar-refractivity contribution in [3.8, 4) is 17.2 Å². The molecule has 1 heterocycles. The molecule has 0 N–H and O–H groups in total. The van der Waals surface area contributed by atoms with Gasteiger partial charge < -0.3 is 19.1 Å². The average Bonchev–Trinajstić information content (AvgIpc) is 2.69. The highest BCUT2D eigenvalue weighted by molar-refractivity contribution is 5.79. The quantitative estimate of drug-likeness (QED) is 0.721. The van der Waals surface area contributed by atoms with E-state index in [0.717, 1.165) is 28.9 Å². The van der Waals surface area contributed by atoms with Crippen LogP contribution in [-0.4, -0.2) is 38.2 Å². The van der Waals surface area contributed by atoms with Gasteiger partial charge in [0.25, 0.3) is 0 Å². The molecule has 2 aromatic carbocycles. The Morgan fingerprint density at radius 3 is 2.24 bits per heavy atom. The number of fused-ring (bicyclic) bond motifs is 1. The Bertz CT molecular complexity index is 870. The lowest BCUT2D eigenvalue weighted by molar-refractivity contribution is -0.138. The second kappa shape index (κ2) is 8.76. The molecule has 29 heavy (non-hydrogen) atoms. The van der Waals surface area contributed by atoms with Crippen molar-refractivity contribution in [3.63, 3.8) is 0 Å². The van der Waals surface area contributed by atoms with Crippen LogP contribution in [0.3, 0.4) is 0 Å². The molecule has 1 atom stereocenters. The van der Waals surface area contributed by atoms with Crippen molar-refractivity contribution in [2.24, 2.45) is 5.92 Å². The molecule has 0 fully saturated rings. The summed E-state index contributed by atoms with van der Waals surface area (Å²) in [5.41, 5.74) is 4.55. The fourth-order valence-corrected chi connectivity index (χ4v) is 3.99. The van der Waals surface area contributed by atoms with Crippen LogP contribution in [0.5, 0.6) is 17.2 Å². The van der Waals surface area contributed by atoms with Crippen LogP contribution < -0.4 is 14.2 Å². The minimum absolute atomic E-state index is 0.0691. The second-order valence-corrected chi connectivity index (χ2v) is 7.99. The maximum absolute atomic E-state index is 12.9. The standard InChI is InChI=1S/C24H31NO4/c1-15(2)24(26)25-8-7-18-12-22(27-5)23(28-6)13-20(18)21(25)14-29-19-10-16(3)9-17(4)11-19/h9-13,15,21H,7-8,14H2,1-6H3/t21-/m1/s1. The van der Waals surface area contributed by atoms with Crippen molar-refractivity contribution < 1.29 is 19.0 Å². The first-order valence-electron chi connectivity index (χ1n) is 10.1. The molecular weight excluding hydrogens is 366 g/mol. The summed E-state index contributed by atoms with van der Waals surface area (Å²) in [6.07, 6.45) is 0.786. The van der Waals surface area contributed by atoms with E-state index in [4.69, 9.17) is 14.2 Å². The first-order valence-corrected chi connectivity index (χ1v) is 10.1. The van der Waals surface area contributed by atoms with E-state index in [-0.39, 0.29) is 17.9 Å². The number of amides is 1. The second-order valence-electron chi connectivity index (χ2n) is 7.99. The summed E-state index contributed by atoms with van der Waals surface area (Å²) in [6.45, 7) is 9.05. The lowest BCUT2D eigenvalue weighted by atomic mass is 9.91. The zero-order chi connectivity index (χ0) is 21.1. The van der Waals surface area contributed by atoms with Gasteiger partial charge in [-0.25, -0.2) is 0 Å². The smallest absolute Gasteiger partial charge is 0.225 e. The predicted molar refractivity (Wildman–Crippen MR) is 114 cm³/mol. The molecule has 0 radical (unpaired) electrons. The molecule has 1 aliphatic heterocycles. The Kier molecular flexibility index (Phi) is 6.36. The third-order valence-corrected chi connectivity index (χ3v) is 5.38. The minimum atomic E-state index is -0.172. The summed E-state index contributed by atoms with van der Waals surface area (Å²) >= 11 is 0. The largest absolute Gasteiger partial charge is 0.493 e. The Balaban J connectivity index is 1.97. The monoisotopic (exact) mass is 397 g/mol. The third-order valence-electron chi connectivity index (χ3n) is 5.38. The highest BCUT2D eigenvalue weighted by Gasteiger charge is 2.33. The first-order chi connectivity index (χ1) is 13.8. The van der Waals surface area contributed by atoms with Crippen molar-refractivity contribution in [3.05, 3.63) is 52.6 Å². The van der Waals surface area contributed by atoms with E-state index in [1.807, 2.05) is 43.0 Å². The van der Waals surface area contributed by atoms with Crippen LogP contribution in [0.4, 0.5) is 0 Å². The van der Waals surface area contributed by atoms with Gasteiger partial charge in [-0.2, -0.15) is 0 Å². The Hall–Kier alpha value is -2.69. The normalized spacial score (nSPS) is 15.8. The highest BCUT2D eigenvalue weighted by Crippen LogP contribution is 2.39. The molecule has 0 spiro atoms. The Morgan fingerprint density at radius 2 is 1.66 bits per heavy atom. The number of hydrogen-bond acceptors (Lipinski definition) is 4. The van der Waals surface area contributed by atoms with Crippen molar-refractivity contribution >= 4 is 5.91 Å². The van der Waals surface area contributed by atoms with Crippen LogP contribution in [-0.2, 0) is 11.2 Å². The van der Waals surface area contributed by atoms with Gasteiger partial charge in [0.2, 0.25) is 5.91 Å². The van der Waals surface area contributed by atoms with Gasteiger partial charge in [-0.05, 0) is 66.8 Å². The van der Waals surface area contributed by atoms with E-state index >= 15 is 0 Å². The van der Waals surface area contributed by atoms with E-state index in [1.165, 1.54) is 5.56 Å². The van der Waals surface area contributed by atoms with Crippen LogP contribution in [0, 0.1) is 19.8 Å². The summed E-state index contributed by atoms with van der Waals surface area (Å²) in [7, 11) is 3.27. The van der Waals surface area contributed by atoms with Gasteiger partial charge in [-0.15, -0.1) is 0 Å². The van der Waals surface area contributed by atoms with Crippen molar-refractivity contribution in [2.75, 3.05) is 27.4 Å². The predicted octanol–water partition coefficient (Wildman–Crippen LogP) is 4.48. The minimum Gasteiger partial charge on any atom is -0.493 e. The fraction of sp³-hybridized carbons (Fsp3) is 0.458. The molecule has 156 valence electrons. The molecule has 0 aromatic heterocycles. The molecule has 0 saturated carbocycles. The molecule has 1 amide bonds. The highest BCUT2D eigenvalue weighted by atomic mass is 16.5. The number of rotatable bonds is 6. The summed E-state index contributed by atoms with van der Waals surface area (Å²) in [5.74, 6) is 2.28. The molecule has 0 unspecified atom stereocenters. The van der Waals surface area contributed by atoms with Gasteiger partial charge in [0.15, 0.2) is 11.5 Å². The zero-order valence-electron chi connectivity index (χ0n) is 18.2. The lowest BCUT2D eigenvalue weighted by Crippen LogP contribution is -2.44. The molecule has 5 heteroatoms. The van der Waals surface area contributed by atoms with Gasteiger partial charge >= 0.3 is 0 Å². The Morgan fingerprint density at radius 1 is 1.03 bits per heavy atom. The summed E-state index contributed by atoms with van der Waals surface area (Å²) < 4.78 is 17.2. The van der Waals surface area contributed by atoms with Gasteiger partial charge in [-0.1, -0.05) is 19.9 Å². The maximum atomic E-state index is 12.9. The molecule has 0 aliphatic carbocycles. The molecule has 1 aliphatic rings. The molecule has 0 saturated heterocycles. The number of carbonyl (C=O) groups excluding carboxylic acids is 1. The van der Waals surface area contributed by atoms with Crippen molar-refractivity contribution in [1.29, 1.82) is 0 Å². The van der Waals surface area contributed by atoms with E-state index in [0.29, 0.717) is 24.7 Å². The number of hydrogen-bond donors (Lipinski definition) is 0. The summed E-state index contributed by atoms with van der Waals surface area (Å²) in [5, 5.41) is 0.